The van der Waals surface area contributed by atoms with Gasteiger partial charge in [-0.25, -0.2) is 14.2 Å². The fourth-order valence-corrected chi connectivity index (χ4v) is 2.95. The van der Waals surface area contributed by atoms with Crippen molar-refractivity contribution in [2.45, 2.75) is 19.9 Å². The lowest BCUT2D eigenvalue weighted by Gasteiger charge is -2.24. The van der Waals surface area contributed by atoms with Gasteiger partial charge in [-0.2, -0.15) is 0 Å². The van der Waals surface area contributed by atoms with Gasteiger partial charge in [0.2, 0.25) is 0 Å². The quantitative estimate of drug-likeness (QED) is 0.810. The number of hydrogen-bond acceptors (Lipinski definition) is 5. The fourth-order valence-electron chi connectivity index (χ4n) is 2.01. The molecule has 112 valence electrons. The minimum atomic E-state index is -0.457. The number of anilines is 1. The molecule has 0 spiro atoms. The Hall–Kier alpha value is -1.95. The number of rotatable bonds is 4. The third-order valence-electron chi connectivity index (χ3n) is 3.40. The molecule has 1 atom stereocenters. The Bertz CT molecular complexity index is 657. The zero-order chi connectivity index (χ0) is 15.6. The maximum absolute atomic E-state index is 13.9. The molecule has 0 amide bonds. The summed E-state index contributed by atoms with van der Waals surface area (Å²) in [5.74, 6) is -0.708. The van der Waals surface area contributed by atoms with E-state index >= 15 is 0 Å². The van der Waals surface area contributed by atoms with Gasteiger partial charge in [-0.3, -0.25) is 0 Å². The number of ether oxygens (including phenoxy) is 1. The molecule has 0 N–H and O–H groups in total. The molecule has 4 nitrogen and oxygen atoms in total. The second-order valence-electron chi connectivity index (χ2n) is 4.70. The highest BCUT2D eigenvalue weighted by molar-refractivity contribution is 7.15. The summed E-state index contributed by atoms with van der Waals surface area (Å²) in [7, 11) is 3.16. The first kappa shape index (κ1) is 15.4. The molecule has 0 aliphatic heterocycles. The molecule has 2 rings (SSSR count). The van der Waals surface area contributed by atoms with E-state index in [-0.39, 0.29) is 11.9 Å². The van der Waals surface area contributed by atoms with Crippen molar-refractivity contribution in [1.82, 2.24) is 4.98 Å². The highest BCUT2D eigenvalue weighted by Gasteiger charge is 2.22. The van der Waals surface area contributed by atoms with Crippen LogP contribution in [-0.2, 0) is 4.74 Å². The van der Waals surface area contributed by atoms with Gasteiger partial charge in [-0.1, -0.05) is 18.2 Å². The first-order valence-electron chi connectivity index (χ1n) is 6.48. The summed E-state index contributed by atoms with van der Waals surface area (Å²) in [6.45, 7) is 3.71. The number of aryl methyl sites for hydroxylation is 1. The summed E-state index contributed by atoms with van der Waals surface area (Å²) in [6.07, 6.45) is 0. The van der Waals surface area contributed by atoms with E-state index in [2.05, 4.69) is 4.98 Å². The summed E-state index contributed by atoms with van der Waals surface area (Å²) in [5.41, 5.74) is 0.901. The van der Waals surface area contributed by atoms with Crippen LogP contribution in [-0.4, -0.2) is 25.1 Å². The highest BCUT2D eigenvalue weighted by Crippen LogP contribution is 2.31. The Kier molecular flexibility index (Phi) is 4.57. The molecule has 0 saturated heterocycles. The molecule has 0 aliphatic carbocycles. The summed E-state index contributed by atoms with van der Waals surface area (Å²) in [6, 6.07) is 6.46. The number of esters is 1. The Balaban J connectivity index is 2.30. The van der Waals surface area contributed by atoms with Crippen LogP contribution in [0.3, 0.4) is 0 Å². The number of carbonyl (C=O) groups excluding carboxylic acids is 1. The maximum Gasteiger partial charge on any atom is 0.357 e. The van der Waals surface area contributed by atoms with Crippen molar-refractivity contribution in [3.8, 4) is 0 Å². The lowest BCUT2D eigenvalue weighted by Crippen LogP contribution is -2.22. The van der Waals surface area contributed by atoms with Gasteiger partial charge < -0.3 is 9.64 Å². The van der Waals surface area contributed by atoms with E-state index < -0.39 is 5.97 Å². The van der Waals surface area contributed by atoms with Gasteiger partial charge in [0.1, 0.15) is 5.82 Å². The number of hydrogen-bond donors (Lipinski definition) is 0. The molecule has 0 aliphatic rings. The van der Waals surface area contributed by atoms with Crippen molar-refractivity contribution in [2.75, 3.05) is 19.1 Å². The second kappa shape index (κ2) is 6.22. The Morgan fingerprint density at radius 1 is 1.43 bits per heavy atom. The Morgan fingerprint density at radius 3 is 2.71 bits per heavy atom. The minimum absolute atomic E-state index is 0.192. The molecule has 21 heavy (non-hydrogen) atoms. The molecule has 0 saturated carbocycles. The summed E-state index contributed by atoms with van der Waals surface area (Å²) in [4.78, 5) is 18.5. The van der Waals surface area contributed by atoms with Crippen LogP contribution < -0.4 is 4.90 Å². The van der Waals surface area contributed by atoms with E-state index in [1.807, 2.05) is 25.8 Å². The zero-order valence-electron chi connectivity index (χ0n) is 12.4. The molecule has 2 aromatic rings. The van der Waals surface area contributed by atoms with Crippen LogP contribution in [0.1, 0.15) is 33.9 Å². The van der Waals surface area contributed by atoms with E-state index in [4.69, 9.17) is 4.74 Å². The summed E-state index contributed by atoms with van der Waals surface area (Å²) >= 11 is 1.39. The number of methoxy groups -OCH3 is 1. The zero-order valence-corrected chi connectivity index (χ0v) is 13.2. The summed E-state index contributed by atoms with van der Waals surface area (Å²) in [5, 5.41) is 0.656. The largest absolute Gasteiger partial charge is 0.464 e. The molecule has 0 fully saturated rings. The number of thiazole rings is 1. The standard InChI is InChI=1S/C15H17FN2O2S/c1-9(11-7-5-6-8-12(11)16)18(3)15-17-13(10(2)21-15)14(19)20-4/h5-9H,1-4H3. The van der Waals surface area contributed by atoms with Crippen LogP contribution in [0.4, 0.5) is 9.52 Å². The van der Waals surface area contributed by atoms with E-state index in [0.29, 0.717) is 16.4 Å². The molecular weight excluding hydrogens is 291 g/mol. The van der Waals surface area contributed by atoms with Crippen molar-refractivity contribution < 1.29 is 13.9 Å². The first-order valence-corrected chi connectivity index (χ1v) is 7.30. The lowest BCUT2D eigenvalue weighted by atomic mass is 10.1. The van der Waals surface area contributed by atoms with Gasteiger partial charge in [-0.15, -0.1) is 11.3 Å². The average Bonchev–Trinajstić information content (AvgIpc) is 2.87. The van der Waals surface area contributed by atoms with Gasteiger partial charge in [-0.05, 0) is 19.9 Å². The molecule has 6 heteroatoms. The van der Waals surface area contributed by atoms with E-state index in [1.54, 1.807) is 18.2 Å². The highest BCUT2D eigenvalue weighted by atomic mass is 32.1. The predicted octanol–water partition coefficient (Wildman–Crippen LogP) is 3.57. The van der Waals surface area contributed by atoms with Crippen LogP contribution in [0, 0.1) is 12.7 Å². The minimum Gasteiger partial charge on any atom is -0.464 e. The second-order valence-corrected chi connectivity index (χ2v) is 5.88. The van der Waals surface area contributed by atoms with Crippen molar-refractivity contribution in [1.29, 1.82) is 0 Å². The Morgan fingerprint density at radius 2 is 2.10 bits per heavy atom. The lowest BCUT2D eigenvalue weighted by molar-refractivity contribution is 0.0594. The van der Waals surface area contributed by atoms with Gasteiger partial charge in [0.25, 0.3) is 0 Å². The van der Waals surface area contributed by atoms with Crippen LogP contribution >= 0.6 is 11.3 Å². The summed E-state index contributed by atoms with van der Waals surface area (Å²) < 4.78 is 18.6. The van der Waals surface area contributed by atoms with Gasteiger partial charge in [0.05, 0.1) is 13.2 Å². The van der Waals surface area contributed by atoms with E-state index in [9.17, 15) is 9.18 Å². The number of halogens is 1. The molecular formula is C15H17FN2O2S. The van der Waals surface area contributed by atoms with Crippen molar-refractivity contribution >= 4 is 22.4 Å². The van der Waals surface area contributed by atoms with Crippen LogP contribution in [0.5, 0.6) is 0 Å². The van der Waals surface area contributed by atoms with Crippen LogP contribution in [0.25, 0.3) is 0 Å². The molecule has 0 bridgehead atoms. The van der Waals surface area contributed by atoms with E-state index in [1.165, 1.54) is 24.5 Å². The number of nitrogens with zero attached hydrogens (tertiary/aromatic N) is 2. The van der Waals surface area contributed by atoms with Crippen molar-refractivity contribution in [3.63, 3.8) is 0 Å². The number of carbonyl (C=O) groups is 1. The molecule has 1 unspecified atom stereocenters. The molecule has 1 aromatic heterocycles. The normalized spacial score (nSPS) is 12.0. The first-order chi connectivity index (χ1) is 9.95. The predicted molar refractivity (Wildman–Crippen MR) is 81.4 cm³/mol. The van der Waals surface area contributed by atoms with Crippen LogP contribution in [0.2, 0.25) is 0 Å². The third kappa shape index (κ3) is 3.05. The fraction of sp³-hybridized carbons (Fsp3) is 0.333. The van der Waals surface area contributed by atoms with Crippen LogP contribution in [0.15, 0.2) is 24.3 Å². The number of benzene rings is 1. The monoisotopic (exact) mass is 308 g/mol. The third-order valence-corrected chi connectivity index (χ3v) is 4.46. The van der Waals surface area contributed by atoms with Gasteiger partial charge >= 0.3 is 5.97 Å². The van der Waals surface area contributed by atoms with Gasteiger partial charge in [0.15, 0.2) is 10.8 Å². The van der Waals surface area contributed by atoms with E-state index in [0.717, 1.165) is 4.88 Å². The maximum atomic E-state index is 13.9. The Labute approximate surface area is 127 Å². The van der Waals surface area contributed by atoms with Crippen molar-refractivity contribution in [2.24, 2.45) is 0 Å². The number of aromatic nitrogens is 1. The smallest absolute Gasteiger partial charge is 0.357 e. The van der Waals surface area contributed by atoms with Gasteiger partial charge in [0, 0.05) is 17.5 Å². The molecule has 1 heterocycles. The average molecular weight is 308 g/mol. The SMILES string of the molecule is COC(=O)c1nc(N(C)C(C)c2ccccc2F)sc1C. The molecule has 0 radical (unpaired) electrons. The topological polar surface area (TPSA) is 42.4 Å². The molecule has 1 aromatic carbocycles. The van der Waals surface area contributed by atoms with Crippen molar-refractivity contribution in [3.05, 3.63) is 46.2 Å².